The highest BCUT2D eigenvalue weighted by atomic mass is 32.2. The Morgan fingerprint density at radius 3 is 2.53 bits per heavy atom. The Morgan fingerprint density at radius 2 is 1.94 bits per heavy atom. The molecule has 0 aliphatic carbocycles. The summed E-state index contributed by atoms with van der Waals surface area (Å²) in [6.07, 6.45) is 0.676. The highest BCUT2D eigenvalue weighted by Crippen LogP contribution is 2.30. The Morgan fingerprint density at radius 1 is 1.24 bits per heavy atom. The van der Waals surface area contributed by atoms with Gasteiger partial charge in [-0.1, -0.05) is 13.0 Å². The van der Waals surface area contributed by atoms with E-state index in [1.54, 1.807) is 26.0 Å². The molecule has 4 heteroatoms. The van der Waals surface area contributed by atoms with Gasteiger partial charge in [0.2, 0.25) is 0 Å². The summed E-state index contributed by atoms with van der Waals surface area (Å²) in [5.41, 5.74) is 0.867. The molecule has 0 aliphatic rings. The third-order valence-corrected chi connectivity index (χ3v) is 3.66. The molecule has 0 bridgehead atoms. The molecule has 0 aromatic heterocycles. The Bertz CT molecular complexity index is 341. The molecule has 0 aliphatic heterocycles. The lowest BCUT2D eigenvalue weighted by Gasteiger charge is -2.13. The topological polar surface area (TPSA) is 38.7 Å². The van der Waals surface area contributed by atoms with Gasteiger partial charge >= 0.3 is 0 Å². The van der Waals surface area contributed by atoms with E-state index in [4.69, 9.17) is 9.47 Å². The largest absolute Gasteiger partial charge is 0.493 e. The zero-order valence-corrected chi connectivity index (χ0v) is 11.4. The van der Waals surface area contributed by atoms with Gasteiger partial charge in [-0.15, -0.1) is 0 Å². The first-order chi connectivity index (χ1) is 8.22. The van der Waals surface area contributed by atoms with Crippen molar-refractivity contribution in [2.45, 2.75) is 19.4 Å². The van der Waals surface area contributed by atoms with Gasteiger partial charge in [0, 0.05) is 5.75 Å². The number of benzene rings is 1. The van der Waals surface area contributed by atoms with E-state index >= 15 is 0 Å². The van der Waals surface area contributed by atoms with E-state index in [9.17, 15) is 5.11 Å². The molecule has 0 spiro atoms. The third kappa shape index (κ3) is 4.13. The standard InChI is InChI=1S/C13H20O3S/c1-4-7-17-9-11(14)10-5-6-12(15-2)13(8-10)16-3/h5-6,8,11,14H,4,7,9H2,1-3H3. The molecule has 96 valence electrons. The second kappa shape index (κ2) is 7.45. The zero-order valence-electron chi connectivity index (χ0n) is 10.6. The van der Waals surface area contributed by atoms with Gasteiger partial charge in [-0.3, -0.25) is 0 Å². The normalized spacial score (nSPS) is 12.2. The van der Waals surface area contributed by atoms with E-state index in [1.807, 2.05) is 18.2 Å². The lowest BCUT2D eigenvalue weighted by Crippen LogP contribution is -2.02. The first kappa shape index (κ1) is 14.2. The number of rotatable bonds is 7. The quantitative estimate of drug-likeness (QED) is 0.761. The highest BCUT2D eigenvalue weighted by Gasteiger charge is 2.11. The molecule has 1 aromatic rings. The van der Waals surface area contributed by atoms with Crippen LogP contribution in [0, 0.1) is 0 Å². The van der Waals surface area contributed by atoms with Crippen molar-refractivity contribution in [2.75, 3.05) is 25.7 Å². The van der Waals surface area contributed by atoms with Crippen molar-refractivity contribution >= 4 is 11.8 Å². The van der Waals surface area contributed by atoms with Gasteiger partial charge < -0.3 is 14.6 Å². The molecule has 3 nitrogen and oxygen atoms in total. The number of ether oxygens (including phenoxy) is 2. The molecule has 0 heterocycles. The third-order valence-electron chi connectivity index (χ3n) is 2.42. The molecule has 0 radical (unpaired) electrons. The number of methoxy groups -OCH3 is 2. The maximum atomic E-state index is 10.0. The minimum absolute atomic E-state index is 0.452. The van der Waals surface area contributed by atoms with Crippen LogP contribution in [0.25, 0.3) is 0 Å². The molecule has 0 saturated carbocycles. The molecule has 0 amide bonds. The SMILES string of the molecule is CCCSCC(O)c1ccc(OC)c(OC)c1. The van der Waals surface area contributed by atoms with Crippen molar-refractivity contribution < 1.29 is 14.6 Å². The van der Waals surface area contributed by atoms with Crippen molar-refractivity contribution in [1.82, 2.24) is 0 Å². The molecule has 1 rings (SSSR count). The minimum Gasteiger partial charge on any atom is -0.493 e. The van der Waals surface area contributed by atoms with Crippen LogP contribution in [-0.2, 0) is 0 Å². The number of aliphatic hydroxyl groups excluding tert-OH is 1. The van der Waals surface area contributed by atoms with Crippen LogP contribution in [0.3, 0.4) is 0 Å². The number of aliphatic hydroxyl groups is 1. The molecule has 0 saturated heterocycles. The van der Waals surface area contributed by atoms with Crippen LogP contribution in [0.4, 0.5) is 0 Å². The van der Waals surface area contributed by atoms with Crippen LogP contribution in [0.5, 0.6) is 11.5 Å². The predicted molar refractivity (Wildman–Crippen MR) is 72.1 cm³/mol. The fourth-order valence-electron chi connectivity index (χ4n) is 1.50. The van der Waals surface area contributed by atoms with Crippen molar-refractivity contribution in [1.29, 1.82) is 0 Å². The van der Waals surface area contributed by atoms with Gasteiger partial charge in [-0.2, -0.15) is 11.8 Å². The van der Waals surface area contributed by atoms with Gasteiger partial charge in [0.1, 0.15) is 0 Å². The monoisotopic (exact) mass is 256 g/mol. The van der Waals surface area contributed by atoms with Crippen LogP contribution in [0.15, 0.2) is 18.2 Å². The summed E-state index contributed by atoms with van der Waals surface area (Å²) < 4.78 is 10.4. The number of hydrogen-bond donors (Lipinski definition) is 1. The molecule has 1 N–H and O–H groups in total. The van der Waals surface area contributed by atoms with E-state index in [1.165, 1.54) is 0 Å². The lowest BCUT2D eigenvalue weighted by atomic mass is 10.1. The summed E-state index contributed by atoms with van der Waals surface area (Å²) in [7, 11) is 3.20. The summed E-state index contributed by atoms with van der Waals surface area (Å²) in [6, 6.07) is 5.52. The summed E-state index contributed by atoms with van der Waals surface area (Å²) in [6.45, 7) is 2.13. The van der Waals surface area contributed by atoms with Crippen molar-refractivity contribution in [3.8, 4) is 11.5 Å². The van der Waals surface area contributed by atoms with Gasteiger partial charge in [-0.05, 0) is 29.9 Å². The smallest absolute Gasteiger partial charge is 0.161 e. The number of hydrogen-bond acceptors (Lipinski definition) is 4. The van der Waals surface area contributed by atoms with E-state index in [-0.39, 0.29) is 0 Å². The molecule has 1 atom stereocenters. The molecule has 0 fully saturated rings. The van der Waals surface area contributed by atoms with Crippen LogP contribution in [-0.4, -0.2) is 30.8 Å². The summed E-state index contributed by atoms with van der Waals surface area (Å²) in [5.74, 6) is 3.13. The fraction of sp³-hybridized carbons (Fsp3) is 0.538. The Labute approximate surface area is 107 Å². The van der Waals surface area contributed by atoms with E-state index in [2.05, 4.69) is 6.92 Å². The average Bonchev–Trinajstić information content (AvgIpc) is 2.38. The second-order valence-electron chi connectivity index (χ2n) is 3.71. The Hall–Kier alpha value is -0.870. The lowest BCUT2D eigenvalue weighted by molar-refractivity contribution is 0.203. The maximum absolute atomic E-state index is 10.0. The predicted octanol–water partition coefficient (Wildman–Crippen LogP) is 2.88. The van der Waals surface area contributed by atoms with E-state index in [0.717, 1.165) is 17.7 Å². The van der Waals surface area contributed by atoms with Gasteiger partial charge in [-0.25, -0.2) is 0 Å². The van der Waals surface area contributed by atoms with E-state index in [0.29, 0.717) is 17.3 Å². The van der Waals surface area contributed by atoms with Crippen molar-refractivity contribution in [2.24, 2.45) is 0 Å². The Kier molecular flexibility index (Phi) is 6.22. The van der Waals surface area contributed by atoms with Crippen LogP contribution in [0.2, 0.25) is 0 Å². The van der Waals surface area contributed by atoms with E-state index < -0.39 is 6.10 Å². The zero-order chi connectivity index (χ0) is 12.7. The van der Waals surface area contributed by atoms with Gasteiger partial charge in [0.15, 0.2) is 11.5 Å². The Balaban J connectivity index is 2.70. The van der Waals surface area contributed by atoms with Gasteiger partial charge in [0.25, 0.3) is 0 Å². The molecule has 1 unspecified atom stereocenters. The average molecular weight is 256 g/mol. The molecule has 17 heavy (non-hydrogen) atoms. The summed E-state index contributed by atoms with van der Waals surface area (Å²) >= 11 is 1.76. The van der Waals surface area contributed by atoms with Crippen LogP contribution < -0.4 is 9.47 Å². The van der Waals surface area contributed by atoms with Crippen LogP contribution in [0.1, 0.15) is 25.0 Å². The minimum atomic E-state index is -0.452. The first-order valence-corrected chi connectivity index (χ1v) is 6.86. The second-order valence-corrected chi connectivity index (χ2v) is 4.85. The highest BCUT2D eigenvalue weighted by molar-refractivity contribution is 7.99. The maximum Gasteiger partial charge on any atom is 0.161 e. The van der Waals surface area contributed by atoms with Crippen LogP contribution >= 0.6 is 11.8 Å². The van der Waals surface area contributed by atoms with Crippen molar-refractivity contribution in [3.63, 3.8) is 0 Å². The molecule has 1 aromatic carbocycles. The first-order valence-electron chi connectivity index (χ1n) is 5.70. The van der Waals surface area contributed by atoms with Crippen molar-refractivity contribution in [3.05, 3.63) is 23.8 Å². The summed E-state index contributed by atoms with van der Waals surface area (Å²) in [4.78, 5) is 0. The molecular formula is C13H20O3S. The summed E-state index contributed by atoms with van der Waals surface area (Å²) in [5, 5.41) is 10.0. The molecular weight excluding hydrogens is 236 g/mol. The fourth-order valence-corrected chi connectivity index (χ4v) is 2.37. The number of thioether (sulfide) groups is 1. The van der Waals surface area contributed by atoms with Gasteiger partial charge in [0.05, 0.1) is 20.3 Å².